The highest BCUT2D eigenvalue weighted by Crippen LogP contribution is 2.02. The molecule has 0 fully saturated rings. The van der Waals surface area contributed by atoms with Crippen molar-refractivity contribution in [2.24, 2.45) is 0 Å². The first kappa shape index (κ1) is 12.9. The van der Waals surface area contributed by atoms with E-state index < -0.39 is 10.0 Å². The molecular formula is C8H20N2O2S. The second-order valence-corrected chi connectivity index (χ2v) is 5.43. The van der Waals surface area contributed by atoms with Gasteiger partial charge in [0.1, 0.15) is 0 Å². The van der Waals surface area contributed by atoms with Gasteiger partial charge in [-0.05, 0) is 20.4 Å². The summed E-state index contributed by atoms with van der Waals surface area (Å²) >= 11 is 0. The second-order valence-electron chi connectivity index (χ2n) is 3.28. The van der Waals surface area contributed by atoms with Gasteiger partial charge in [-0.15, -0.1) is 0 Å². The van der Waals surface area contributed by atoms with E-state index in [9.17, 15) is 8.42 Å². The molecule has 13 heavy (non-hydrogen) atoms. The van der Waals surface area contributed by atoms with Gasteiger partial charge in [-0.3, -0.25) is 0 Å². The van der Waals surface area contributed by atoms with Crippen LogP contribution >= 0.6 is 0 Å². The molecule has 0 heterocycles. The molecule has 0 bridgehead atoms. The molecule has 0 aliphatic heterocycles. The summed E-state index contributed by atoms with van der Waals surface area (Å²) in [7, 11) is -1.44. The summed E-state index contributed by atoms with van der Waals surface area (Å²) in [5, 5.41) is 2.99. The molecular weight excluding hydrogens is 188 g/mol. The fraction of sp³-hybridized carbons (Fsp3) is 1.00. The Morgan fingerprint density at radius 1 is 1.38 bits per heavy atom. The average Bonchev–Trinajstić information content (AvgIpc) is 2.03. The molecule has 0 saturated heterocycles. The minimum absolute atomic E-state index is 0.0339. The van der Waals surface area contributed by atoms with E-state index >= 15 is 0 Å². The summed E-state index contributed by atoms with van der Waals surface area (Å²) in [5.74, 6) is 0.176. The van der Waals surface area contributed by atoms with Crippen molar-refractivity contribution in [2.75, 3.05) is 25.9 Å². The average molecular weight is 208 g/mol. The first-order chi connectivity index (χ1) is 5.91. The maximum Gasteiger partial charge on any atom is 0.215 e. The van der Waals surface area contributed by atoms with Crippen LogP contribution in [0.4, 0.5) is 0 Å². The van der Waals surface area contributed by atoms with Gasteiger partial charge in [0, 0.05) is 19.6 Å². The van der Waals surface area contributed by atoms with Crippen LogP contribution in [-0.4, -0.2) is 44.7 Å². The van der Waals surface area contributed by atoms with Gasteiger partial charge < -0.3 is 5.32 Å². The zero-order chi connectivity index (χ0) is 10.5. The lowest BCUT2D eigenvalue weighted by Gasteiger charge is -2.20. The van der Waals surface area contributed by atoms with E-state index in [1.54, 1.807) is 7.05 Å². The van der Waals surface area contributed by atoms with Gasteiger partial charge in [-0.2, -0.15) is 0 Å². The van der Waals surface area contributed by atoms with Gasteiger partial charge in [-0.25, -0.2) is 12.7 Å². The van der Waals surface area contributed by atoms with Crippen LogP contribution in [0.15, 0.2) is 0 Å². The molecule has 80 valence electrons. The Morgan fingerprint density at radius 3 is 2.31 bits per heavy atom. The van der Waals surface area contributed by atoms with Crippen LogP contribution in [0.3, 0.4) is 0 Å². The zero-order valence-corrected chi connectivity index (χ0v) is 9.69. The maximum absolute atomic E-state index is 11.5. The van der Waals surface area contributed by atoms with Crippen molar-refractivity contribution in [2.45, 2.75) is 26.8 Å². The summed E-state index contributed by atoms with van der Waals surface area (Å²) in [6.07, 6.45) is 0. The summed E-state index contributed by atoms with van der Waals surface area (Å²) in [6, 6.07) is 0.0339. The van der Waals surface area contributed by atoms with Gasteiger partial charge in [0.05, 0.1) is 5.75 Å². The van der Waals surface area contributed by atoms with Crippen molar-refractivity contribution in [3.05, 3.63) is 0 Å². The molecule has 0 spiro atoms. The SMILES string of the molecule is CCNCCS(=O)(=O)N(C)C(C)C. The predicted octanol–water partition coefficient (Wildman–Crippen LogP) is 0.266. The Labute approximate surface area is 81.4 Å². The number of rotatable bonds is 6. The fourth-order valence-electron chi connectivity index (χ4n) is 0.843. The van der Waals surface area contributed by atoms with Crippen molar-refractivity contribution in [3.63, 3.8) is 0 Å². The number of nitrogens with zero attached hydrogens (tertiary/aromatic N) is 1. The van der Waals surface area contributed by atoms with Crippen LogP contribution in [0.25, 0.3) is 0 Å². The highest BCUT2D eigenvalue weighted by molar-refractivity contribution is 7.89. The van der Waals surface area contributed by atoms with E-state index in [4.69, 9.17) is 0 Å². The molecule has 0 atom stereocenters. The van der Waals surface area contributed by atoms with Crippen LogP contribution < -0.4 is 5.32 Å². The lowest BCUT2D eigenvalue weighted by molar-refractivity contribution is 0.410. The smallest absolute Gasteiger partial charge is 0.215 e. The van der Waals surface area contributed by atoms with Crippen molar-refractivity contribution in [1.29, 1.82) is 0 Å². The highest BCUT2D eigenvalue weighted by atomic mass is 32.2. The molecule has 0 saturated carbocycles. The third-order valence-corrected chi connectivity index (χ3v) is 3.97. The lowest BCUT2D eigenvalue weighted by atomic mass is 10.4. The Bertz CT molecular complexity index is 224. The van der Waals surface area contributed by atoms with Crippen LogP contribution in [0.2, 0.25) is 0 Å². The quantitative estimate of drug-likeness (QED) is 0.637. The van der Waals surface area contributed by atoms with Gasteiger partial charge in [0.25, 0.3) is 0 Å². The molecule has 1 N–H and O–H groups in total. The molecule has 0 unspecified atom stereocenters. The monoisotopic (exact) mass is 208 g/mol. The Morgan fingerprint density at radius 2 is 1.92 bits per heavy atom. The Kier molecular flexibility index (Phi) is 5.51. The normalized spacial score (nSPS) is 12.8. The summed E-state index contributed by atoms with van der Waals surface area (Å²) in [5.41, 5.74) is 0. The molecule has 0 radical (unpaired) electrons. The molecule has 0 aliphatic rings. The molecule has 0 amide bonds. The van der Waals surface area contributed by atoms with E-state index in [1.165, 1.54) is 4.31 Å². The summed E-state index contributed by atoms with van der Waals surface area (Å²) < 4.78 is 24.5. The Balaban J connectivity index is 4.08. The van der Waals surface area contributed by atoms with Crippen LogP contribution in [0, 0.1) is 0 Å². The maximum atomic E-state index is 11.5. The number of hydrogen-bond acceptors (Lipinski definition) is 3. The van der Waals surface area contributed by atoms with Gasteiger partial charge in [0.15, 0.2) is 0 Å². The summed E-state index contributed by atoms with van der Waals surface area (Å²) in [6.45, 7) is 7.02. The first-order valence-electron chi connectivity index (χ1n) is 4.58. The van der Waals surface area contributed by atoms with Crippen LogP contribution in [-0.2, 0) is 10.0 Å². The van der Waals surface area contributed by atoms with E-state index in [0.29, 0.717) is 6.54 Å². The fourth-order valence-corrected chi connectivity index (χ4v) is 2.18. The van der Waals surface area contributed by atoms with E-state index in [-0.39, 0.29) is 11.8 Å². The predicted molar refractivity (Wildman–Crippen MR) is 55.2 cm³/mol. The molecule has 4 nitrogen and oxygen atoms in total. The molecule has 0 aliphatic carbocycles. The van der Waals surface area contributed by atoms with Crippen LogP contribution in [0.1, 0.15) is 20.8 Å². The Hall–Kier alpha value is -0.130. The standard InChI is InChI=1S/C8H20N2O2S/c1-5-9-6-7-13(11,12)10(4)8(2)3/h8-9H,5-7H2,1-4H3. The minimum Gasteiger partial charge on any atom is -0.316 e. The molecule has 5 heteroatoms. The van der Waals surface area contributed by atoms with Gasteiger partial charge in [0.2, 0.25) is 10.0 Å². The lowest BCUT2D eigenvalue weighted by Crippen LogP contribution is -2.37. The first-order valence-corrected chi connectivity index (χ1v) is 6.19. The zero-order valence-electron chi connectivity index (χ0n) is 8.87. The second kappa shape index (κ2) is 5.57. The van der Waals surface area contributed by atoms with Gasteiger partial charge >= 0.3 is 0 Å². The molecule has 0 aromatic heterocycles. The largest absolute Gasteiger partial charge is 0.316 e. The third-order valence-electron chi connectivity index (χ3n) is 1.95. The van der Waals surface area contributed by atoms with Crippen molar-refractivity contribution < 1.29 is 8.42 Å². The van der Waals surface area contributed by atoms with E-state index in [1.807, 2.05) is 20.8 Å². The highest BCUT2D eigenvalue weighted by Gasteiger charge is 2.19. The summed E-state index contributed by atoms with van der Waals surface area (Å²) in [4.78, 5) is 0. The van der Waals surface area contributed by atoms with E-state index in [0.717, 1.165) is 6.54 Å². The van der Waals surface area contributed by atoms with Crippen LogP contribution in [0.5, 0.6) is 0 Å². The van der Waals surface area contributed by atoms with Crippen molar-refractivity contribution in [3.8, 4) is 0 Å². The van der Waals surface area contributed by atoms with Crippen molar-refractivity contribution in [1.82, 2.24) is 9.62 Å². The number of hydrogen-bond donors (Lipinski definition) is 1. The molecule has 0 rings (SSSR count). The minimum atomic E-state index is -3.06. The van der Waals surface area contributed by atoms with Crippen molar-refractivity contribution >= 4 is 10.0 Å². The third kappa shape index (κ3) is 4.59. The topological polar surface area (TPSA) is 49.4 Å². The number of sulfonamides is 1. The number of nitrogens with one attached hydrogen (secondary N) is 1. The van der Waals surface area contributed by atoms with Gasteiger partial charge in [-0.1, -0.05) is 6.92 Å². The molecule has 0 aromatic carbocycles. The molecule has 0 aromatic rings. The van der Waals surface area contributed by atoms with E-state index in [2.05, 4.69) is 5.32 Å².